The number of allylic oxidation sites excluding steroid dienone is 1. The molecule has 0 radical (unpaired) electrons. The lowest BCUT2D eigenvalue weighted by atomic mass is 10.0. The van der Waals surface area contributed by atoms with Crippen molar-refractivity contribution in [1.29, 1.82) is 0 Å². The van der Waals surface area contributed by atoms with Crippen molar-refractivity contribution in [3.05, 3.63) is 12.2 Å². The van der Waals surface area contributed by atoms with Crippen molar-refractivity contribution in [2.45, 2.75) is 283 Å². The minimum atomic E-state index is -4.57. The summed E-state index contributed by atoms with van der Waals surface area (Å²) < 4.78 is 23.0. The molecule has 0 heterocycles. The van der Waals surface area contributed by atoms with E-state index in [1.54, 1.807) is 6.08 Å². The van der Waals surface area contributed by atoms with Crippen LogP contribution in [0.15, 0.2) is 12.2 Å². The van der Waals surface area contributed by atoms with E-state index < -0.39 is 20.0 Å². The van der Waals surface area contributed by atoms with E-state index in [0.29, 0.717) is 17.4 Å². The maximum atomic E-state index is 12.7. The average Bonchev–Trinajstić information content (AvgIpc) is 3.23. The fraction of sp³-hybridized carbons (Fsp3) is 0.943. The van der Waals surface area contributed by atoms with Crippen LogP contribution in [0.1, 0.15) is 271 Å². The van der Waals surface area contributed by atoms with Crippen LogP contribution < -0.4 is 10.2 Å². The molecule has 8 nitrogen and oxygen atoms in total. The predicted octanol–water partition coefficient (Wildman–Crippen LogP) is 15.2. The summed E-state index contributed by atoms with van der Waals surface area (Å²) in [7, 11) is 1.27. The molecule has 0 aromatic rings. The lowest BCUT2D eigenvalue weighted by Gasteiger charge is -2.29. The molecule has 370 valence electrons. The Morgan fingerprint density at radius 1 is 0.548 bits per heavy atom. The van der Waals surface area contributed by atoms with Gasteiger partial charge in [0.2, 0.25) is 5.91 Å². The molecule has 0 saturated heterocycles. The first-order valence-electron chi connectivity index (χ1n) is 27.1. The molecule has 2 N–H and O–H groups in total. The van der Waals surface area contributed by atoms with Gasteiger partial charge in [0, 0.05) is 6.42 Å². The van der Waals surface area contributed by atoms with Gasteiger partial charge in [-0.25, -0.2) is 0 Å². The van der Waals surface area contributed by atoms with Crippen LogP contribution in [0, 0.1) is 0 Å². The number of hydrogen-bond acceptors (Lipinski definition) is 6. The molecule has 0 saturated carbocycles. The van der Waals surface area contributed by atoms with Gasteiger partial charge in [-0.3, -0.25) is 9.36 Å². The zero-order valence-corrected chi connectivity index (χ0v) is 43.0. The van der Waals surface area contributed by atoms with Crippen molar-refractivity contribution >= 4 is 13.7 Å². The minimum Gasteiger partial charge on any atom is -0.756 e. The highest BCUT2D eigenvalue weighted by molar-refractivity contribution is 7.45. The Kier molecular flexibility index (Phi) is 44.8. The SMILES string of the molecule is CCCC/C=C/C(O)C(COP(=O)([O-])OCC[N+](C)(C)C)NC(=O)CCCCCCCCCCCCCCCCCCCCCCCCCCCCCCCCCCCCCC. The number of nitrogens with one attached hydrogen (secondary N) is 1. The predicted molar refractivity (Wildman–Crippen MR) is 266 cm³/mol. The fourth-order valence-corrected chi connectivity index (χ4v) is 8.92. The number of hydrogen-bond donors (Lipinski definition) is 2. The Balaban J connectivity index is 3.63. The number of phosphoric ester groups is 1. The Morgan fingerprint density at radius 3 is 1.19 bits per heavy atom. The van der Waals surface area contributed by atoms with Crippen molar-refractivity contribution in [2.24, 2.45) is 0 Å². The summed E-state index contributed by atoms with van der Waals surface area (Å²) in [5.41, 5.74) is 0. The van der Waals surface area contributed by atoms with Crippen LogP contribution in [0.3, 0.4) is 0 Å². The van der Waals surface area contributed by atoms with Crippen LogP contribution in [0.5, 0.6) is 0 Å². The van der Waals surface area contributed by atoms with Crippen LogP contribution in [0.4, 0.5) is 0 Å². The molecule has 1 amide bonds. The van der Waals surface area contributed by atoms with Crippen molar-refractivity contribution < 1.29 is 32.9 Å². The Labute approximate surface area is 386 Å². The van der Waals surface area contributed by atoms with E-state index in [1.807, 2.05) is 27.2 Å². The lowest BCUT2D eigenvalue weighted by Crippen LogP contribution is -2.45. The summed E-state index contributed by atoms with van der Waals surface area (Å²) >= 11 is 0. The number of aliphatic hydroxyl groups is 1. The van der Waals surface area contributed by atoms with Crippen LogP contribution in [-0.4, -0.2) is 68.5 Å². The quantitative estimate of drug-likeness (QED) is 0.0272. The van der Waals surface area contributed by atoms with Crippen LogP contribution in [0.2, 0.25) is 0 Å². The number of amides is 1. The third-order valence-corrected chi connectivity index (χ3v) is 13.5. The molecule has 3 unspecified atom stereocenters. The van der Waals surface area contributed by atoms with Gasteiger partial charge in [-0.1, -0.05) is 264 Å². The van der Waals surface area contributed by atoms with Crippen LogP contribution >= 0.6 is 7.82 Å². The Morgan fingerprint density at radius 2 is 0.871 bits per heavy atom. The summed E-state index contributed by atoms with van der Waals surface area (Å²) in [6.45, 7) is 4.52. The van der Waals surface area contributed by atoms with E-state index in [-0.39, 0.29) is 19.1 Å². The van der Waals surface area contributed by atoms with E-state index in [9.17, 15) is 19.4 Å². The third kappa shape index (κ3) is 47.2. The number of unbranched alkanes of at least 4 members (excludes halogenated alkanes) is 37. The Hall–Kier alpha value is -0.760. The van der Waals surface area contributed by atoms with E-state index in [0.717, 1.165) is 38.5 Å². The normalized spacial score (nSPS) is 14.1. The smallest absolute Gasteiger partial charge is 0.268 e. The van der Waals surface area contributed by atoms with Gasteiger partial charge in [0.05, 0.1) is 39.9 Å². The van der Waals surface area contributed by atoms with Gasteiger partial charge >= 0.3 is 0 Å². The molecule has 0 aliphatic carbocycles. The first-order chi connectivity index (χ1) is 30.0. The standard InChI is InChI=1S/C53H107N2O6P/c1-6-8-10-12-13-14-15-16-17-18-19-20-21-22-23-24-25-26-27-28-29-30-31-32-33-34-35-36-37-38-39-40-41-42-43-45-47-53(57)54-51(52(56)46-44-11-9-7-2)50-61-62(58,59)60-49-48-55(3,4)5/h44,46,51-52,56H,6-43,45,47-50H2,1-5H3,(H-,54,57,58,59)/b46-44+. The van der Waals surface area contributed by atoms with Gasteiger partial charge in [0.1, 0.15) is 13.2 Å². The number of nitrogens with zero attached hydrogens (tertiary/aromatic N) is 1. The van der Waals surface area contributed by atoms with Gasteiger partial charge in [-0.2, -0.15) is 0 Å². The molecule has 0 aromatic heterocycles. The zero-order valence-electron chi connectivity index (χ0n) is 42.1. The van der Waals surface area contributed by atoms with Crippen molar-refractivity contribution in [2.75, 3.05) is 40.9 Å². The fourth-order valence-electron chi connectivity index (χ4n) is 8.20. The molecule has 0 bridgehead atoms. The zero-order chi connectivity index (χ0) is 45.7. The summed E-state index contributed by atoms with van der Waals surface area (Å²) in [5.74, 6) is -0.201. The second-order valence-corrected chi connectivity index (χ2v) is 21.4. The summed E-state index contributed by atoms with van der Waals surface area (Å²) in [6, 6.07) is -0.877. The molecule has 0 aliphatic rings. The van der Waals surface area contributed by atoms with Gasteiger partial charge in [-0.15, -0.1) is 0 Å². The summed E-state index contributed by atoms with van der Waals surface area (Å²) in [5, 5.41) is 13.5. The maximum Gasteiger partial charge on any atom is 0.268 e. The molecule has 9 heteroatoms. The largest absolute Gasteiger partial charge is 0.756 e. The summed E-state index contributed by atoms with van der Waals surface area (Å²) in [6.07, 6.45) is 55.4. The molecular formula is C53H107N2O6P. The highest BCUT2D eigenvalue weighted by atomic mass is 31.2. The first-order valence-corrected chi connectivity index (χ1v) is 28.5. The second-order valence-electron chi connectivity index (χ2n) is 19.9. The molecule has 0 spiro atoms. The highest BCUT2D eigenvalue weighted by Crippen LogP contribution is 2.38. The topological polar surface area (TPSA) is 108 Å². The van der Waals surface area contributed by atoms with Crippen LogP contribution in [0.25, 0.3) is 0 Å². The van der Waals surface area contributed by atoms with E-state index >= 15 is 0 Å². The van der Waals surface area contributed by atoms with Gasteiger partial charge < -0.3 is 28.8 Å². The van der Waals surface area contributed by atoms with Gasteiger partial charge in [0.25, 0.3) is 7.82 Å². The number of carbonyl (C=O) groups is 1. The van der Waals surface area contributed by atoms with Crippen molar-refractivity contribution in [3.8, 4) is 0 Å². The minimum absolute atomic E-state index is 0.000535. The number of phosphoric acid groups is 1. The Bertz CT molecular complexity index is 1020. The maximum absolute atomic E-state index is 12.7. The van der Waals surface area contributed by atoms with Gasteiger partial charge in [-0.05, 0) is 12.8 Å². The molecule has 0 rings (SSSR count). The highest BCUT2D eigenvalue weighted by Gasteiger charge is 2.23. The number of quaternary nitrogens is 1. The monoisotopic (exact) mass is 899 g/mol. The molecule has 0 aromatic carbocycles. The van der Waals surface area contributed by atoms with E-state index in [4.69, 9.17) is 9.05 Å². The van der Waals surface area contributed by atoms with Crippen molar-refractivity contribution in [3.63, 3.8) is 0 Å². The second kappa shape index (κ2) is 45.4. The average molecular weight is 899 g/mol. The molecule has 0 aliphatic heterocycles. The van der Waals surface area contributed by atoms with E-state index in [1.165, 1.54) is 212 Å². The number of rotatable bonds is 50. The first kappa shape index (κ1) is 61.2. The summed E-state index contributed by atoms with van der Waals surface area (Å²) in [4.78, 5) is 25.1. The van der Waals surface area contributed by atoms with Crippen LogP contribution in [-0.2, 0) is 18.4 Å². The lowest BCUT2D eigenvalue weighted by molar-refractivity contribution is -0.870. The third-order valence-electron chi connectivity index (χ3n) is 12.5. The number of aliphatic hydroxyl groups excluding tert-OH is 1. The molecule has 3 atom stereocenters. The molecular weight excluding hydrogens is 792 g/mol. The molecule has 0 fully saturated rings. The van der Waals surface area contributed by atoms with Gasteiger partial charge in [0.15, 0.2) is 0 Å². The van der Waals surface area contributed by atoms with E-state index in [2.05, 4.69) is 19.2 Å². The van der Waals surface area contributed by atoms with Crippen molar-refractivity contribution in [1.82, 2.24) is 5.32 Å². The number of carbonyl (C=O) groups excluding carboxylic acids is 1. The number of likely N-dealkylation sites (N-methyl/N-ethyl adjacent to an activating group) is 1. The molecule has 62 heavy (non-hydrogen) atoms.